The van der Waals surface area contributed by atoms with E-state index in [0.29, 0.717) is 5.92 Å². The molecule has 0 N–H and O–H groups in total. The van der Waals surface area contributed by atoms with E-state index in [2.05, 4.69) is 238 Å². The van der Waals surface area contributed by atoms with E-state index >= 15 is 0 Å². The molecule has 0 heterocycles. The van der Waals surface area contributed by atoms with Gasteiger partial charge >= 0.3 is 0 Å². The summed E-state index contributed by atoms with van der Waals surface area (Å²) in [5.74, 6) is 0.448. The van der Waals surface area contributed by atoms with Gasteiger partial charge in [0, 0.05) is 0 Å². The number of hydrogen-bond acceptors (Lipinski definition) is 0. The van der Waals surface area contributed by atoms with Crippen molar-refractivity contribution in [3.63, 3.8) is 0 Å². The molecule has 0 unspecified atom stereocenters. The lowest BCUT2D eigenvalue weighted by Crippen LogP contribution is -1.94. The van der Waals surface area contributed by atoms with Gasteiger partial charge in [-0.2, -0.15) is 0 Å². The van der Waals surface area contributed by atoms with Crippen LogP contribution in [0.2, 0.25) is 0 Å². The zero-order valence-corrected chi connectivity index (χ0v) is 34.4. The minimum Gasteiger partial charge on any atom is -0.0622 e. The third-order valence-electron chi connectivity index (χ3n) is 12.7. The van der Waals surface area contributed by atoms with Gasteiger partial charge in [0.05, 0.1) is 0 Å². The van der Waals surface area contributed by atoms with Crippen molar-refractivity contribution in [2.75, 3.05) is 0 Å². The first-order chi connectivity index (χ1) is 30.1. The first kappa shape index (κ1) is 36.5. The molecule has 61 heavy (non-hydrogen) atoms. The Bertz CT molecular complexity index is 3350. The third kappa shape index (κ3) is 6.49. The zero-order valence-electron chi connectivity index (χ0n) is 34.4. The highest BCUT2D eigenvalue weighted by molar-refractivity contribution is 6.21. The van der Waals surface area contributed by atoms with Gasteiger partial charge in [-0.1, -0.05) is 226 Å². The maximum atomic E-state index is 2.44. The van der Waals surface area contributed by atoms with Crippen LogP contribution >= 0.6 is 0 Å². The van der Waals surface area contributed by atoms with Crippen molar-refractivity contribution in [1.82, 2.24) is 0 Å². The molecule has 0 amide bonds. The molecule has 0 aliphatic carbocycles. The summed E-state index contributed by atoms with van der Waals surface area (Å²) >= 11 is 0. The van der Waals surface area contributed by atoms with Gasteiger partial charge < -0.3 is 0 Å². The van der Waals surface area contributed by atoms with Gasteiger partial charge in [-0.3, -0.25) is 0 Å². The summed E-state index contributed by atoms with van der Waals surface area (Å²) in [6.07, 6.45) is 0. The van der Waals surface area contributed by atoms with Gasteiger partial charge in [-0.15, -0.1) is 0 Å². The molecule has 11 aromatic carbocycles. The molecule has 0 aliphatic heterocycles. The Balaban J connectivity index is 1.11. The molecule has 0 spiro atoms. The molecule has 0 nitrogen and oxygen atoms in total. The van der Waals surface area contributed by atoms with Crippen LogP contribution in [0.5, 0.6) is 0 Å². The van der Waals surface area contributed by atoms with Crippen molar-refractivity contribution < 1.29 is 0 Å². The lowest BCUT2D eigenvalue weighted by molar-refractivity contribution is 0.867. The van der Waals surface area contributed by atoms with Crippen LogP contribution in [0.4, 0.5) is 0 Å². The number of rotatable bonds is 7. The van der Waals surface area contributed by atoms with Crippen molar-refractivity contribution >= 4 is 43.1 Å². The van der Waals surface area contributed by atoms with Crippen LogP contribution in [0.1, 0.15) is 25.3 Å². The predicted octanol–water partition coefficient (Wildman–Crippen LogP) is 17.4. The Hall–Kier alpha value is -7.54. The largest absolute Gasteiger partial charge is 0.0622 e. The summed E-state index contributed by atoms with van der Waals surface area (Å²) in [5, 5.41) is 10.2. The van der Waals surface area contributed by atoms with Crippen molar-refractivity contribution in [2.24, 2.45) is 0 Å². The summed E-state index contributed by atoms with van der Waals surface area (Å²) in [6.45, 7) is 4.55. The second kappa shape index (κ2) is 15.2. The number of fused-ring (bicyclic) bond motifs is 5. The number of benzene rings is 11. The molecule has 0 atom stereocenters. The van der Waals surface area contributed by atoms with Crippen molar-refractivity contribution in [3.05, 3.63) is 230 Å². The van der Waals surface area contributed by atoms with E-state index in [1.54, 1.807) is 0 Å². The van der Waals surface area contributed by atoms with Crippen LogP contribution in [0.15, 0.2) is 224 Å². The van der Waals surface area contributed by atoms with Crippen LogP contribution < -0.4 is 0 Å². The van der Waals surface area contributed by atoms with Gasteiger partial charge in [0.2, 0.25) is 0 Å². The Morgan fingerprint density at radius 3 is 1.28 bits per heavy atom. The van der Waals surface area contributed by atoms with E-state index in [9.17, 15) is 0 Å². The van der Waals surface area contributed by atoms with Gasteiger partial charge in [0.15, 0.2) is 0 Å². The topological polar surface area (TPSA) is 0 Å². The van der Waals surface area contributed by atoms with Gasteiger partial charge in [-0.25, -0.2) is 0 Å². The highest BCUT2D eigenvalue weighted by Gasteiger charge is 2.19. The molecule has 0 aromatic heterocycles. The monoisotopic (exact) mass is 776 g/mol. The lowest BCUT2D eigenvalue weighted by atomic mass is 9.83. The summed E-state index contributed by atoms with van der Waals surface area (Å²) in [7, 11) is 0. The predicted molar refractivity (Wildman–Crippen MR) is 263 cm³/mol. The zero-order chi connectivity index (χ0) is 40.9. The Morgan fingerprint density at radius 2 is 0.672 bits per heavy atom. The van der Waals surface area contributed by atoms with E-state index in [0.717, 1.165) is 0 Å². The maximum Gasteiger partial charge on any atom is -0.00261 e. The van der Waals surface area contributed by atoms with Crippen molar-refractivity contribution in [1.29, 1.82) is 0 Å². The first-order valence-corrected chi connectivity index (χ1v) is 21.4. The molecular formula is C61H44. The molecule has 0 fully saturated rings. The molecule has 11 rings (SSSR count). The quantitative estimate of drug-likeness (QED) is 0.112. The van der Waals surface area contributed by atoms with E-state index in [1.165, 1.54) is 115 Å². The smallest absolute Gasteiger partial charge is 0.00261 e. The first-order valence-electron chi connectivity index (χ1n) is 21.4. The molecule has 0 bridgehead atoms. The van der Waals surface area contributed by atoms with Gasteiger partial charge in [-0.05, 0) is 133 Å². The molecule has 0 aliphatic rings. The second-order valence-electron chi connectivity index (χ2n) is 16.6. The number of hydrogen-bond donors (Lipinski definition) is 0. The van der Waals surface area contributed by atoms with Gasteiger partial charge in [0.1, 0.15) is 0 Å². The fraction of sp³-hybridized carbons (Fsp3) is 0.0492. The normalized spacial score (nSPS) is 11.6. The molecular weight excluding hydrogens is 733 g/mol. The van der Waals surface area contributed by atoms with Crippen LogP contribution in [0.3, 0.4) is 0 Å². The van der Waals surface area contributed by atoms with E-state index in [4.69, 9.17) is 0 Å². The molecule has 0 radical (unpaired) electrons. The van der Waals surface area contributed by atoms with E-state index in [-0.39, 0.29) is 0 Å². The third-order valence-corrected chi connectivity index (χ3v) is 12.7. The van der Waals surface area contributed by atoms with Crippen LogP contribution in [0.25, 0.3) is 110 Å². The van der Waals surface area contributed by atoms with Crippen LogP contribution in [-0.4, -0.2) is 0 Å². The summed E-state index contributed by atoms with van der Waals surface area (Å²) in [5.41, 5.74) is 16.1. The van der Waals surface area contributed by atoms with Crippen LogP contribution in [0, 0.1) is 0 Å². The Morgan fingerprint density at radius 1 is 0.246 bits per heavy atom. The van der Waals surface area contributed by atoms with Crippen LogP contribution in [-0.2, 0) is 0 Å². The molecule has 0 saturated heterocycles. The lowest BCUT2D eigenvalue weighted by Gasteiger charge is -2.20. The van der Waals surface area contributed by atoms with E-state index in [1.807, 2.05) is 0 Å². The van der Waals surface area contributed by atoms with Crippen molar-refractivity contribution in [3.8, 4) is 66.8 Å². The molecule has 0 saturated carbocycles. The fourth-order valence-electron chi connectivity index (χ4n) is 9.59. The van der Waals surface area contributed by atoms with E-state index < -0.39 is 0 Å². The maximum absolute atomic E-state index is 2.44. The molecule has 11 aromatic rings. The van der Waals surface area contributed by atoms with Crippen molar-refractivity contribution in [2.45, 2.75) is 19.8 Å². The summed E-state index contributed by atoms with van der Waals surface area (Å²) < 4.78 is 0. The highest BCUT2D eigenvalue weighted by Crippen LogP contribution is 2.46. The minimum atomic E-state index is 0.448. The average Bonchev–Trinajstić information content (AvgIpc) is 3.33. The molecule has 0 heteroatoms. The SMILES string of the molecule is CC(C)c1cccc(-c2c3ccccc3c(-c3ccc(-c4ccc(-c5ccccc5)cc4)c(-c4ccc(-c5cc6ccccc6c6ccccc56)cc4)c3)c3ccccc23)c1. The fourth-order valence-corrected chi connectivity index (χ4v) is 9.59. The Labute approximate surface area is 358 Å². The average molecular weight is 777 g/mol. The summed E-state index contributed by atoms with van der Waals surface area (Å²) in [6, 6.07) is 83.1. The van der Waals surface area contributed by atoms with Gasteiger partial charge in [0.25, 0.3) is 0 Å². The minimum absolute atomic E-state index is 0.448. The molecule has 288 valence electrons. The summed E-state index contributed by atoms with van der Waals surface area (Å²) in [4.78, 5) is 0. The Kier molecular flexibility index (Phi) is 9.13. The highest BCUT2D eigenvalue weighted by atomic mass is 14.2. The standard InChI is InChI=1S/C61H44/c1-40(2)46-18-14-19-48(37-46)60-54-23-10-12-25-56(54)61(57-26-13-11-24-55(57)60)49-35-36-51(43-29-27-42(28-30-43)41-15-4-3-5-16-41)58(39-49)44-31-33-45(34-32-44)59-38-47-17-6-7-20-50(47)52-21-8-9-22-53(52)59/h3-40H,1-2H3. The second-order valence-corrected chi connectivity index (χ2v) is 16.6.